The SMILES string of the molecule is COc1cc2c(cc1OC)C(=CC(=O)Nc1nccs1)NC(C)(C)C2.Cl. The number of ether oxygens (including phenoxy) is 2. The number of nitrogens with one attached hydrogen (secondary N) is 2. The first-order valence-electron chi connectivity index (χ1n) is 7.87. The Kier molecular flexibility index (Phi) is 6.15. The summed E-state index contributed by atoms with van der Waals surface area (Å²) in [6.45, 7) is 4.19. The molecule has 1 aromatic carbocycles. The third-order valence-electron chi connectivity index (χ3n) is 3.94. The second kappa shape index (κ2) is 7.97. The summed E-state index contributed by atoms with van der Waals surface area (Å²) in [5.41, 5.74) is 2.61. The van der Waals surface area contributed by atoms with Crippen LogP contribution in [0.15, 0.2) is 29.8 Å². The van der Waals surface area contributed by atoms with Crippen molar-refractivity contribution in [2.24, 2.45) is 0 Å². The Balaban J connectivity index is 0.00000243. The van der Waals surface area contributed by atoms with Gasteiger partial charge >= 0.3 is 0 Å². The first kappa shape index (κ1) is 20.1. The Morgan fingerprint density at radius 3 is 2.62 bits per heavy atom. The van der Waals surface area contributed by atoms with Gasteiger partial charge in [0.15, 0.2) is 16.6 Å². The highest BCUT2D eigenvalue weighted by molar-refractivity contribution is 7.13. The number of rotatable bonds is 4. The maximum absolute atomic E-state index is 12.4. The summed E-state index contributed by atoms with van der Waals surface area (Å²) in [5.74, 6) is 1.09. The van der Waals surface area contributed by atoms with Crippen molar-refractivity contribution in [3.8, 4) is 11.5 Å². The van der Waals surface area contributed by atoms with Crippen molar-refractivity contribution in [3.05, 3.63) is 40.9 Å². The fourth-order valence-electron chi connectivity index (χ4n) is 2.94. The second-order valence-corrected chi connectivity index (χ2v) is 7.33. The van der Waals surface area contributed by atoms with E-state index in [1.165, 1.54) is 11.3 Å². The van der Waals surface area contributed by atoms with E-state index in [0.717, 1.165) is 23.2 Å². The van der Waals surface area contributed by atoms with Crippen LogP contribution >= 0.6 is 23.7 Å². The molecular weight excluding hydrogens is 374 g/mol. The van der Waals surface area contributed by atoms with Crippen LogP contribution in [-0.2, 0) is 11.2 Å². The smallest absolute Gasteiger partial charge is 0.252 e. The van der Waals surface area contributed by atoms with Crippen LogP contribution in [0.3, 0.4) is 0 Å². The molecule has 3 rings (SSSR count). The molecule has 0 fully saturated rings. The monoisotopic (exact) mass is 395 g/mol. The van der Waals surface area contributed by atoms with Gasteiger partial charge in [-0.25, -0.2) is 4.98 Å². The van der Waals surface area contributed by atoms with E-state index < -0.39 is 0 Å². The number of aromatic nitrogens is 1. The Hall–Kier alpha value is -2.25. The maximum Gasteiger partial charge on any atom is 0.252 e. The van der Waals surface area contributed by atoms with Crippen LogP contribution in [0.4, 0.5) is 5.13 Å². The molecule has 1 amide bonds. The quantitative estimate of drug-likeness (QED) is 0.775. The van der Waals surface area contributed by atoms with Gasteiger partial charge in [0.2, 0.25) is 0 Å². The summed E-state index contributed by atoms with van der Waals surface area (Å²) in [4.78, 5) is 16.4. The molecular formula is C18H22ClN3O3S. The summed E-state index contributed by atoms with van der Waals surface area (Å²) in [7, 11) is 3.22. The molecule has 1 aliphatic rings. The van der Waals surface area contributed by atoms with E-state index >= 15 is 0 Å². The molecule has 2 heterocycles. The lowest BCUT2D eigenvalue weighted by Crippen LogP contribution is -2.44. The highest BCUT2D eigenvalue weighted by atomic mass is 35.5. The van der Waals surface area contributed by atoms with Crippen LogP contribution in [-0.4, -0.2) is 30.6 Å². The fourth-order valence-corrected chi connectivity index (χ4v) is 3.47. The topological polar surface area (TPSA) is 72.5 Å². The number of hydrogen-bond donors (Lipinski definition) is 2. The fraction of sp³-hybridized carbons (Fsp3) is 0.333. The van der Waals surface area contributed by atoms with Crippen molar-refractivity contribution in [2.75, 3.05) is 19.5 Å². The molecule has 0 atom stereocenters. The van der Waals surface area contributed by atoms with E-state index in [4.69, 9.17) is 9.47 Å². The molecule has 8 heteroatoms. The van der Waals surface area contributed by atoms with Gasteiger partial charge in [-0.2, -0.15) is 0 Å². The molecule has 0 aliphatic carbocycles. The van der Waals surface area contributed by atoms with Crippen molar-refractivity contribution in [1.29, 1.82) is 0 Å². The van der Waals surface area contributed by atoms with Crippen LogP contribution in [0.5, 0.6) is 11.5 Å². The van der Waals surface area contributed by atoms with Crippen LogP contribution in [0, 0.1) is 0 Å². The summed E-state index contributed by atoms with van der Waals surface area (Å²) < 4.78 is 10.8. The number of methoxy groups -OCH3 is 2. The van der Waals surface area contributed by atoms with Gasteiger partial charge in [-0.3, -0.25) is 10.1 Å². The zero-order valence-electron chi connectivity index (χ0n) is 15.1. The number of amides is 1. The average molecular weight is 396 g/mol. The van der Waals surface area contributed by atoms with Crippen molar-refractivity contribution < 1.29 is 14.3 Å². The summed E-state index contributed by atoms with van der Waals surface area (Å²) in [6.07, 6.45) is 4.03. The van der Waals surface area contributed by atoms with E-state index in [1.807, 2.05) is 17.5 Å². The largest absolute Gasteiger partial charge is 0.493 e. The van der Waals surface area contributed by atoms with Crippen LogP contribution < -0.4 is 20.1 Å². The Morgan fingerprint density at radius 2 is 2.00 bits per heavy atom. The minimum absolute atomic E-state index is 0. The summed E-state index contributed by atoms with van der Waals surface area (Å²) in [5, 5.41) is 8.60. The van der Waals surface area contributed by atoms with Crippen molar-refractivity contribution in [2.45, 2.75) is 25.8 Å². The molecule has 1 aromatic heterocycles. The van der Waals surface area contributed by atoms with Gasteiger partial charge in [0.05, 0.1) is 14.2 Å². The molecule has 0 radical (unpaired) electrons. The lowest BCUT2D eigenvalue weighted by atomic mass is 9.85. The first-order valence-corrected chi connectivity index (χ1v) is 8.75. The van der Waals surface area contributed by atoms with Gasteiger partial charge in [0.25, 0.3) is 5.91 Å². The van der Waals surface area contributed by atoms with Crippen LogP contribution in [0.25, 0.3) is 5.70 Å². The molecule has 2 aromatic rings. The number of fused-ring (bicyclic) bond motifs is 1. The predicted molar refractivity (Wildman–Crippen MR) is 106 cm³/mol. The van der Waals surface area contributed by atoms with Gasteiger partial charge in [-0.1, -0.05) is 0 Å². The number of benzene rings is 1. The molecule has 0 saturated heterocycles. The number of thiazole rings is 1. The molecule has 2 N–H and O–H groups in total. The lowest BCUT2D eigenvalue weighted by Gasteiger charge is -2.36. The lowest BCUT2D eigenvalue weighted by molar-refractivity contribution is -0.111. The van der Waals surface area contributed by atoms with Gasteiger partial charge in [-0.05, 0) is 38.0 Å². The van der Waals surface area contributed by atoms with E-state index in [1.54, 1.807) is 26.5 Å². The molecule has 0 unspecified atom stereocenters. The molecule has 26 heavy (non-hydrogen) atoms. The van der Waals surface area contributed by atoms with Crippen molar-refractivity contribution >= 4 is 40.5 Å². The summed E-state index contributed by atoms with van der Waals surface area (Å²) in [6, 6.07) is 3.88. The minimum atomic E-state index is -0.226. The van der Waals surface area contributed by atoms with Crippen molar-refractivity contribution in [3.63, 3.8) is 0 Å². The normalized spacial score (nSPS) is 16.1. The second-order valence-electron chi connectivity index (χ2n) is 6.43. The number of halogens is 1. The number of nitrogens with zero attached hydrogens (tertiary/aromatic N) is 1. The molecule has 0 saturated carbocycles. The zero-order chi connectivity index (χ0) is 18.0. The highest BCUT2D eigenvalue weighted by Gasteiger charge is 2.29. The Bertz CT molecular complexity index is 819. The predicted octanol–water partition coefficient (Wildman–Crippen LogP) is 3.49. The van der Waals surface area contributed by atoms with E-state index in [-0.39, 0.29) is 23.9 Å². The number of carbonyl (C=O) groups excluding carboxylic acids is 1. The molecule has 0 spiro atoms. The minimum Gasteiger partial charge on any atom is -0.493 e. The zero-order valence-corrected chi connectivity index (χ0v) is 16.7. The van der Waals surface area contributed by atoms with E-state index in [0.29, 0.717) is 16.6 Å². The average Bonchev–Trinajstić information content (AvgIpc) is 3.05. The van der Waals surface area contributed by atoms with Gasteiger partial charge < -0.3 is 14.8 Å². The number of carbonyl (C=O) groups is 1. The molecule has 0 bridgehead atoms. The number of hydrogen-bond acceptors (Lipinski definition) is 6. The van der Waals surface area contributed by atoms with E-state index in [2.05, 4.69) is 29.5 Å². The highest BCUT2D eigenvalue weighted by Crippen LogP contribution is 2.37. The van der Waals surface area contributed by atoms with Gasteiger partial charge in [-0.15, -0.1) is 23.7 Å². The number of anilines is 1. The van der Waals surface area contributed by atoms with Gasteiger partial charge in [0.1, 0.15) is 0 Å². The first-order chi connectivity index (χ1) is 11.9. The van der Waals surface area contributed by atoms with Crippen LogP contribution in [0.1, 0.15) is 25.0 Å². The maximum atomic E-state index is 12.4. The molecule has 1 aliphatic heterocycles. The molecule has 6 nitrogen and oxygen atoms in total. The Morgan fingerprint density at radius 1 is 1.31 bits per heavy atom. The van der Waals surface area contributed by atoms with Crippen LogP contribution in [0.2, 0.25) is 0 Å². The third kappa shape index (κ3) is 4.28. The summed E-state index contributed by atoms with van der Waals surface area (Å²) >= 11 is 1.38. The molecule has 140 valence electrons. The third-order valence-corrected chi connectivity index (χ3v) is 4.63. The Labute approximate surface area is 163 Å². The van der Waals surface area contributed by atoms with E-state index in [9.17, 15) is 4.79 Å². The van der Waals surface area contributed by atoms with Crippen molar-refractivity contribution in [1.82, 2.24) is 10.3 Å². The standard InChI is InChI=1S/C18H21N3O3S.ClH/c1-18(2)10-11-7-14(23-3)15(24-4)8-12(11)13(21-18)9-16(22)20-17-19-5-6-25-17;/h5-9,21H,10H2,1-4H3,(H,19,20,22);1H. The van der Waals surface area contributed by atoms with Gasteiger partial charge in [0, 0.05) is 34.5 Å².